The van der Waals surface area contributed by atoms with Gasteiger partial charge in [-0.3, -0.25) is 4.90 Å². The van der Waals surface area contributed by atoms with E-state index in [1.807, 2.05) is 0 Å². The van der Waals surface area contributed by atoms with Gasteiger partial charge in [-0.2, -0.15) is 0 Å². The van der Waals surface area contributed by atoms with Crippen LogP contribution in [0.1, 0.15) is 41.0 Å². The molecule has 0 saturated carbocycles. The van der Waals surface area contributed by atoms with Gasteiger partial charge in [-0.15, -0.1) is 0 Å². The molecule has 1 saturated heterocycles. The average Bonchev–Trinajstić information content (AvgIpc) is 2.16. The lowest BCUT2D eigenvalue weighted by molar-refractivity contribution is 0.0484. The molecule has 1 heterocycles. The first-order chi connectivity index (χ1) is 6.57. The molecule has 2 nitrogen and oxygen atoms in total. The molecule has 1 aliphatic rings. The number of piperazine rings is 1. The molecule has 1 fully saturated rings. The van der Waals surface area contributed by atoms with E-state index in [2.05, 4.69) is 44.8 Å². The van der Waals surface area contributed by atoms with Crippen molar-refractivity contribution in [2.75, 3.05) is 13.1 Å². The first-order valence-corrected chi connectivity index (χ1v) is 6.06. The highest BCUT2D eigenvalue weighted by Crippen LogP contribution is 2.21. The minimum Gasteiger partial charge on any atom is -0.314 e. The molecule has 1 aliphatic heterocycles. The maximum atomic E-state index is 3.48. The van der Waals surface area contributed by atoms with Crippen molar-refractivity contribution in [3.8, 4) is 0 Å². The van der Waals surface area contributed by atoms with E-state index in [0.29, 0.717) is 18.1 Å². The molecule has 4 unspecified atom stereocenters. The van der Waals surface area contributed by atoms with Crippen LogP contribution >= 0.6 is 0 Å². The molecule has 14 heavy (non-hydrogen) atoms. The molecule has 0 spiro atoms. The molecule has 0 amide bonds. The fourth-order valence-corrected chi connectivity index (χ4v) is 2.58. The number of hydrogen-bond donors (Lipinski definition) is 1. The Labute approximate surface area is 89.1 Å². The Morgan fingerprint density at radius 1 is 1.21 bits per heavy atom. The minimum absolute atomic E-state index is 0.683. The van der Waals surface area contributed by atoms with Gasteiger partial charge in [0, 0.05) is 31.2 Å². The molecule has 0 bridgehead atoms. The zero-order valence-electron chi connectivity index (χ0n) is 10.4. The highest BCUT2D eigenvalue weighted by molar-refractivity contribution is 4.87. The lowest BCUT2D eigenvalue weighted by Gasteiger charge is -2.45. The van der Waals surface area contributed by atoms with E-state index in [9.17, 15) is 0 Å². The van der Waals surface area contributed by atoms with Crippen LogP contribution in [-0.4, -0.2) is 36.1 Å². The zero-order valence-corrected chi connectivity index (χ0v) is 10.4. The van der Waals surface area contributed by atoms with Crippen molar-refractivity contribution in [2.24, 2.45) is 5.92 Å². The van der Waals surface area contributed by atoms with Crippen molar-refractivity contribution in [1.82, 2.24) is 10.2 Å². The number of hydrogen-bond acceptors (Lipinski definition) is 2. The summed E-state index contributed by atoms with van der Waals surface area (Å²) >= 11 is 0. The van der Waals surface area contributed by atoms with Gasteiger partial charge < -0.3 is 5.32 Å². The van der Waals surface area contributed by atoms with Gasteiger partial charge in [0.05, 0.1) is 0 Å². The summed E-state index contributed by atoms with van der Waals surface area (Å²) in [5, 5.41) is 3.48. The smallest absolute Gasteiger partial charge is 0.0198 e. The summed E-state index contributed by atoms with van der Waals surface area (Å²) in [7, 11) is 0. The predicted octanol–water partition coefficient (Wildman–Crippen LogP) is 2.10. The van der Waals surface area contributed by atoms with E-state index in [1.165, 1.54) is 6.42 Å². The molecule has 1 rings (SSSR count). The van der Waals surface area contributed by atoms with Crippen molar-refractivity contribution >= 4 is 0 Å². The van der Waals surface area contributed by atoms with E-state index in [1.54, 1.807) is 0 Å². The average molecular weight is 198 g/mol. The summed E-state index contributed by atoms with van der Waals surface area (Å²) in [5.41, 5.74) is 0. The molecule has 2 heteroatoms. The van der Waals surface area contributed by atoms with Gasteiger partial charge >= 0.3 is 0 Å². The fourth-order valence-electron chi connectivity index (χ4n) is 2.58. The second-order valence-corrected chi connectivity index (χ2v) is 4.93. The van der Waals surface area contributed by atoms with Crippen molar-refractivity contribution in [2.45, 2.75) is 59.2 Å². The first-order valence-electron chi connectivity index (χ1n) is 6.06. The van der Waals surface area contributed by atoms with Gasteiger partial charge in [0.15, 0.2) is 0 Å². The van der Waals surface area contributed by atoms with Crippen molar-refractivity contribution in [1.29, 1.82) is 0 Å². The highest BCUT2D eigenvalue weighted by atomic mass is 15.3. The van der Waals surface area contributed by atoms with Crippen molar-refractivity contribution in [3.05, 3.63) is 0 Å². The van der Waals surface area contributed by atoms with Crippen LogP contribution in [0, 0.1) is 5.92 Å². The maximum absolute atomic E-state index is 3.48. The normalized spacial score (nSPS) is 34.1. The monoisotopic (exact) mass is 198 g/mol. The third kappa shape index (κ3) is 2.48. The Morgan fingerprint density at radius 3 is 2.14 bits per heavy atom. The quantitative estimate of drug-likeness (QED) is 0.747. The van der Waals surface area contributed by atoms with Gasteiger partial charge in [0.2, 0.25) is 0 Å². The van der Waals surface area contributed by atoms with Crippen LogP contribution in [0.25, 0.3) is 0 Å². The Balaban J connectivity index is 2.62. The Morgan fingerprint density at radius 2 is 1.71 bits per heavy atom. The van der Waals surface area contributed by atoms with Crippen LogP contribution in [-0.2, 0) is 0 Å². The highest BCUT2D eigenvalue weighted by Gasteiger charge is 2.30. The molecule has 0 aliphatic carbocycles. The molecule has 4 atom stereocenters. The summed E-state index contributed by atoms with van der Waals surface area (Å²) in [6.07, 6.45) is 1.28. The van der Waals surface area contributed by atoms with Crippen LogP contribution in [0.3, 0.4) is 0 Å². The Hall–Kier alpha value is -0.0800. The second-order valence-electron chi connectivity index (χ2n) is 4.93. The minimum atomic E-state index is 0.683. The largest absolute Gasteiger partial charge is 0.314 e. The SMILES string of the molecule is CCC(C)C(C)N1C(C)CNCC1C. The van der Waals surface area contributed by atoms with Gasteiger partial charge in [-0.1, -0.05) is 20.3 Å². The van der Waals surface area contributed by atoms with E-state index >= 15 is 0 Å². The molecular weight excluding hydrogens is 172 g/mol. The summed E-state index contributed by atoms with van der Waals surface area (Å²) in [4.78, 5) is 2.69. The molecule has 0 aromatic rings. The predicted molar refractivity (Wildman–Crippen MR) is 62.5 cm³/mol. The Kier molecular flexibility index (Phi) is 4.39. The molecule has 0 radical (unpaired) electrons. The van der Waals surface area contributed by atoms with Crippen LogP contribution < -0.4 is 5.32 Å². The van der Waals surface area contributed by atoms with Crippen LogP contribution in [0.15, 0.2) is 0 Å². The first kappa shape index (κ1) is 12.0. The fraction of sp³-hybridized carbons (Fsp3) is 1.00. The number of rotatable bonds is 3. The van der Waals surface area contributed by atoms with Crippen LogP contribution in [0.4, 0.5) is 0 Å². The van der Waals surface area contributed by atoms with Crippen molar-refractivity contribution in [3.63, 3.8) is 0 Å². The molecule has 1 N–H and O–H groups in total. The lowest BCUT2D eigenvalue weighted by atomic mass is 9.95. The van der Waals surface area contributed by atoms with E-state index in [-0.39, 0.29) is 0 Å². The van der Waals surface area contributed by atoms with Gasteiger partial charge in [0.25, 0.3) is 0 Å². The van der Waals surface area contributed by atoms with Gasteiger partial charge in [-0.25, -0.2) is 0 Å². The lowest BCUT2D eigenvalue weighted by Crippen LogP contribution is -2.59. The standard InChI is InChI=1S/C12H26N2/c1-6-9(2)12(5)14-10(3)7-13-8-11(14)4/h9-13H,6-8H2,1-5H3. The van der Waals surface area contributed by atoms with Gasteiger partial charge in [0.1, 0.15) is 0 Å². The van der Waals surface area contributed by atoms with Gasteiger partial charge in [-0.05, 0) is 26.7 Å². The van der Waals surface area contributed by atoms with E-state index in [4.69, 9.17) is 0 Å². The van der Waals surface area contributed by atoms with Crippen molar-refractivity contribution < 1.29 is 0 Å². The van der Waals surface area contributed by atoms with E-state index in [0.717, 1.165) is 19.0 Å². The third-order valence-corrected chi connectivity index (χ3v) is 3.84. The summed E-state index contributed by atoms with van der Waals surface area (Å²) in [6.45, 7) is 14.0. The maximum Gasteiger partial charge on any atom is 0.0198 e. The molecule has 0 aromatic heterocycles. The van der Waals surface area contributed by atoms with Crippen LogP contribution in [0.5, 0.6) is 0 Å². The summed E-state index contributed by atoms with van der Waals surface area (Å²) in [5.74, 6) is 0.804. The molecule has 0 aromatic carbocycles. The molecular formula is C12H26N2. The van der Waals surface area contributed by atoms with E-state index < -0.39 is 0 Å². The zero-order chi connectivity index (χ0) is 10.7. The van der Waals surface area contributed by atoms with Crippen LogP contribution in [0.2, 0.25) is 0 Å². The number of nitrogens with zero attached hydrogens (tertiary/aromatic N) is 1. The molecule has 84 valence electrons. The second kappa shape index (κ2) is 5.13. The number of nitrogens with one attached hydrogen (secondary N) is 1. The third-order valence-electron chi connectivity index (χ3n) is 3.84. The summed E-state index contributed by atoms with van der Waals surface area (Å²) < 4.78 is 0. The Bertz CT molecular complexity index is 160. The topological polar surface area (TPSA) is 15.3 Å². The summed E-state index contributed by atoms with van der Waals surface area (Å²) in [6, 6.07) is 2.08.